The summed E-state index contributed by atoms with van der Waals surface area (Å²) in [5.74, 6) is 2.21. The summed E-state index contributed by atoms with van der Waals surface area (Å²) in [7, 11) is 4.14. The highest BCUT2D eigenvalue weighted by Crippen LogP contribution is 2.16. The molecule has 1 aromatic heterocycles. The van der Waals surface area contributed by atoms with Crippen molar-refractivity contribution in [3.63, 3.8) is 0 Å². The number of nitrogens with zero attached hydrogens (tertiary/aromatic N) is 6. The van der Waals surface area contributed by atoms with E-state index in [1.807, 2.05) is 31.3 Å². The van der Waals surface area contributed by atoms with E-state index in [9.17, 15) is 9.50 Å². The largest absolute Gasteiger partial charge is 0.508 e. The predicted molar refractivity (Wildman–Crippen MR) is 141 cm³/mol. The van der Waals surface area contributed by atoms with Crippen LogP contribution in [-0.4, -0.2) is 78.3 Å². The van der Waals surface area contributed by atoms with Gasteiger partial charge < -0.3 is 25.1 Å². The van der Waals surface area contributed by atoms with Gasteiger partial charge in [-0.2, -0.15) is 15.0 Å². The van der Waals surface area contributed by atoms with Gasteiger partial charge >= 0.3 is 0 Å². The predicted octanol–water partition coefficient (Wildman–Crippen LogP) is 2.87. The first-order valence-electron chi connectivity index (χ1n) is 12.6. The molecule has 3 aromatic rings. The molecule has 0 saturated carbocycles. The van der Waals surface area contributed by atoms with Crippen molar-refractivity contribution in [2.24, 2.45) is 0 Å². The number of likely N-dealkylation sites (N-methyl/N-ethyl adjacent to an activating group) is 1. The van der Waals surface area contributed by atoms with Crippen molar-refractivity contribution >= 4 is 11.9 Å². The van der Waals surface area contributed by atoms with E-state index in [-0.39, 0.29) is 11.6 Å². The van der Waals surface area contributed by atoms with Gasteiger partial charge in [-0.15, -0.1) is 0 Å². The number of phenolic OH excluding ortho intramolecular Hbond substituents is 1. The molecule has 0 radical (unpaired) electrons. The zero-order chi connectivity index (χ0) is 25.3. The average molecular weight is 494 g/mol. The van der Waals surface area contributed by atoms with Crippen LogP contribution in [0.2, 0.25) is 0 Å². The van der Waals surface area contributed by atoms with Crippen LogP contribution in [0.4, 0.5) is 16.3 Å². The lowest BCUT2D eigenvalue weighted by Crippen LogP contribution is -2.45. The Balaban J connectivity index is 1.38. The summed E-state index contributed by atoms with van der Waals surface area (Å²) >= 11 is 0. The van der Waals surface area contributed by atoms with E-state index in [0.717, 1.165) is 81.4 Å². The SMILES string of the molecule is CN1CCN(c2nc(CNCCc3ccc(O)cc3)nc(N(C)CCCc3ccc(F)cc3)n2)CC1. The number of phenols is 1. The van der Waals surface area contributed by atoms with Crippen LogP contribution in [0.3, 0.4) is 0 Å². The summed E-state index contributed by atoms with van der Waals surface area (Å²) in [6.07, 6.45) is 2.64. The standard InChI is InChI=1S/C27H36FN7O/c1-33-16-18-35(19-17-33)27-31-25(20-29-14-13-22-7-11-24(36)12-8-22)30-26(32-27)34(2)15-3-4-21-5-9-23(28)10-6-21/h5-12,29,36H,3-4,13-20H2,1-2H3. The van der Waals surface area contributed by atoms with Gasteiger partial charge in [-0.25, -0.2) is 4.39 Å². The molecule has 192 valence electrons. The van der Waals surface area contributed by atoms with Gasteiger partial charge in [0.1, 0.15) is 17.4 Å². The third kappa shape index (κ3) is 7.60. The Labute approximate surface area is 212 Å². The maximum absolute atomic E-state index is 13.2. The number of aromatic nitrogens is 3. The number of halogens is 1. The molecule has 1 aliphatic rings. The first kappa shape index (κ1) is 25.8. The van der Waals surface area contributed by atoms with Crippen molar-refractivity contribution in [1.82, 2.24) is 25.2 Å². The number of aromatic hydroxyl groups is 1. The highest BCUT2D eigenvalue weighted by atomic mass is 19.1. The number of benzene rings is 2. The van der Waals surface area contributed by atoms with Gasteiger partial charge in [-0.1, -0.05) is 24.3 Å². The van der Waals surface area contributed by atoms with Gasteiger partial charge in [0.25, 0.3) is 0 Å². The monoisotopic (exact) mass is 493 g/mol. The topological polar surface area (TPSA) is 80.6 Å². The molecule has 0 amide bonds. The normalized spacial score (nSPS) is 14.2. The van der Waals surface area contributed by atoms with E-state index < -0.39 is 0 Å². The van der Waals surface area contributed by atoms with Crippen LogP contribution >= 0.6 is 0 Å². The Morgan fingerprint density at radius 1 is 0.917 bits per heavy atom. The third-order valence-electron chi connectivity index (χ3n) is 6.47. The Kier molecular flexibility index (Phi) is 9.02. The fourth-order valence-corrected chi connectivity index (χ4v) is 4.16. The molecule has 1 aliphatic heterocycles. The second-order valence-electron chi connectivity index (χ2n) is 9.39. The molecule has 0 aliphatic carbocycles. The molecule has 2 N–H and O–H groups in total. The number of piperazine rings is 1. The highest BCUT2D eigenvalue weighted by Gasteiger charge is 2.19. The lowest BCUT2D eigenvalue weighted by molar-refractivity contribution is 0.311. The molecular weight excluding hydrogens is 457 g/mol. The van der Waals surface area contributed by atoms with Crippen LogP contribution in [0.25, 0.3) is 0 Å². The van der Waals surface area contributed by atoms with Crippen LogP contribution < -0.4 is 15.1 Å². The van der Waals surface area contributed by atoms with E-state index in [0.29, 0.717) is 12.5 Å². The molecule has 0 atom stereocenters. The van der Waals surface area contributed by atoms with E-state index in [1.165, 1.54) is 12.1 Å². The molecule has 8 nitrogen and oxygen atoms in total. The first-order chi connectivity index (χ1) is 17.5. The minimum atomic E-state index is -0.207. The van der Waals surface area contributed by atoms with Gasteiger partial charge in [-0.05, 0) is 68.2 Å². The van der Waals surface area contributed by atoms with Crippen molar-refractivity contribution < 1.29 is 9.50 Å². The maximum Gasteiger partial charge on any atom is 0.230 e. The molecule has 4 rings (SSSR count). The molecule has 2 aromatic carbocycles. The zero-order valence-corrected chi connectivity index (χ0v) is 21.2. The molecular formula is C27H36FN7O. The minimum Gasteiger partial charge on any atom is -0.508 e. The maximum atomic E-state index is 13.2. The molecule has 2 heterocycles. The lowest BCUT2D eigenvalue weighted by atomic mass is 10.1. The molecule has 0 spiro atoms. The second-order valence-corrected chi connectivity index (χ2v) is 9.39. The average Bonchev–Trinajstić information content (AvgIpc) is 2.89. The van der Waals surface area contributed by atoms with Crippen molar-refractivity contribution in [3.05, 3.63) is 71.3 Å². The fourth-order valence-electron chi connectivity index (χ4n) is 4.16. The summed E-state index contributed by atoms with van der Waals surface area (Å²) in [6, 6.07) is 14.0. The van der Waals surface area contributed by atoms with Crippen molar-refractivity contribution in [1.29, 1.82) is 0 Å². The highest BCUT2D eigenvalue weighted by molar-refractivity contribution is 5.39. The van der Waals surface area contributed by atoms with Gasteiger partial charge in [0.2, 0.25) is 11.9 Å². The zero-order valence-electron chi connectivity index (χ0n) is 21.2. The van der Waals surface area contributed by atoms with E-state index >= 15 is 0 Å². The molecule has 1 saturated heterocycles. The molecule has 0 bridgehead atoms. The fraction of sp³-hybridized carbons (Fsp3) is 0.444. The first-order valence-corrected chi connectivity index (χ1v) is 12.6. The van der Waals surface area contributed by atoms with Gasteiger partial charge in [0.15, 0.2) is 0 Å². The Bertz CT molecular complexity index is 1090. The summed E-state index contributed by atoms with van der Waals surface area (Å²) in [5.41, 5.74) is 2.28. The van der Waals surface area contributed by atoms with Gasteiger partial charge in [0, 0.05) is 39.8 Å². The smallest absolute Gasteiger partial charge is 0.230 e. The summed E-state index contributed by atoms with van der Waals surface area (Å²) in [6.45, 7) is 5.87. The number of aryl methyl sites for hydroxylation is 1. The Morgan fingerprint density at radius 3 is 2.31 bits per heavy atom. The van der Waals surface area contributed by atoms with Crippen molar-refractivity contribution in [2.75, 3.05) is 63.2 Å². The summed E-state index contributed by atoms with van der Waals surface area (Å²) in [4.78, 5) is 21.0. The van der Waals surface area contributed by atoms with Gasteiger partial charge in [0.05, 0.1) is 6.54 Å². The number of nitrogens with one attached hydrogen (secondary N) is 1. The van der Waals surface area contributed by atoms with Crippen LogP contribution in [0.15, 0.2) is 48.5 Å². The molecule has 1 fully saturated rings. The number of anilines is 2. The van der Waals surface area contributed by atoms with E-state index in [1.54, 1.807) is 12.1 Å². The van der Waals surface area contributed by atoms with Crippen LogP contribution in [0, 0.1) is 5.82 Å². The van der Waals surface area contributed by atoms with Gasteiger partial charge in [-0.3, -0.25) is 0 Å². The van der Waals surface area contributed by atoms with E-state index in [4.69, 9.17) is 15.0 Å². The Morgan fingerprint density at radius 2 is 1.58 bits per heavy atom. The number of hydrogen-bond donors (Lipinski definition) is 2. The van der Waals surface area contributed by atoms with Crippen LogP contribution in [0.1, 0.15) is 23.4 Å². The summed E-state index contributed by atoms with van der Waals surface area (Å²) < 4.78 is 13.2. The van der Waals surface area contributed by atoms with Crippen LogP contribution in [-0.2, 0) is 19.4 Å². The van der Waals surface area contributed by atoms with E-state index in [2.05, 4.69) is 27.1 Å². The quantitative estimate of drug-likeness (QED) is 0.395. The Hall–Kier alpha value is -3.30. The number of rotatable bonds is 11. The van der Waals surface area contributed by atoms with Crippen LogP contribution in [0.5, 0.6) is 5.75 Å². The molecule has 9 heteroatoms. The lowest BCUT2D eigenvalue weighted by Gasteiger charge is -2.32. The third-order valence-corrected chi connectivity index (χ3v) is 6.47. The van der Waals surface area contributed by atoms with Crippen molar-refractivity contribution in [3.8, 4) is 5.75 Å². The number of hydrogen-bond acceptors (Lipinski definition) is 8. The van der Waals surface area contributed by atoms with Crippen molar-refractivity contribution in [2.45, 2.75) is 25.8 Å². The molecule has 36 heavy (non-hydrogen) atoms. The summed E-state index contributed by atoms with van der Waals surface area (Å²) in [5, 5.41) is 12.9. The minimum absolute atomic E-state index is 0.207. The second kappa shape index (κ2) is 12.6. The molecule has 0 unspecified atom stereocenters.